The molecule has 3 aromatic rings. The molecule has 2 aromatic carbocycles. The highest BCUT2D eigenvalue weighted by Crippen LogP contribution is 2.29. The molecule has 0 aliphatic heterocycles. The first-order valence-electron chi connectivity index (χ1n) is 8.12. The summed E-state index contributed by atoms with van der Waals surface area (Å²) in [5, 5.41) is 7.52. The smallest absolute Gasteiger partial charge is 0.338 e. The average Bonchev–Trinajstić information content (AvgIpc) is 3.35. The molecular weight excluding hydrogens is 320 g/mol. The van der Waals surface area contributed by atoms with Gasteiger partial charge in [-0.3, -0.25) is 4.79 Å². The zero-order valence-corrected chi connectivity index (χ0v) is 13.4. The molecule has 0 bridgehead atoms. The van der Waals surface area contributed by atoms with E-state index in [-0.39, 0.29) is 18.6 Å². The Hall–Kier alpha value is -3.15. The minimum atomic E-state index is -0.548. The van der Waals surface area contributed by atoms with Crippen LogP contribution in [0.3, 0.4) is 0 Å². The number of carbonyl (C=O) groups is 2. The largest absolute Gasteiger partial charge is 0.452 e. The Labute approximate surface area is 143 Å². The van der Waals surface area contributed by atoms with Gasteiger partial charge in [-0.25, -0.2) is 4.79 Å². The van der Waals surface area contributed by atoms with Gasteiger partial charge in [0, 0.05) is 11.6 Å². The summed E-state index contributed by atoms with van der Waals surface area (Å²) in [6, 6.07) is 14.8. The minimum Gasteiger partial charge on any atom is -0.452 e. The van der Waals surface area contributed by atoms with E-state index in [1.165, 1.54) is 0 Å². The Morgan fingerprint density at radius 1 is 1.16 bits per heavy atom. The van der Waals surface area contributed by atoms with E-state index in [1.54, 1.807) is 18.2 Å². The summed E-state index contributed by atoms with van der Waals surface area (Å²) in [4.78, 5) is 23.8. The molecule has 1 N–H and O–H groups in total. The van der Waals surface area contributed by atoms with Crippen LogP contribution in [-0.4, -0.2) is 29.7 Å². The van der Waals surface area contributed by atoms with Gasteiger partial charge in [-0.1, -0.05) is 35.5 Å². The number of fused-ring (bicyclic) bond motifs is 1. The summed E-state index contributed by atoms with van der Waals surface area (Å²) < 4.78 is 10.5. The number of nitrogens with one attached hydrogen (secondary N) is 1. The fraction of sp³-hybridized carbons (Fsp3) is 0.211. The van der Waals surface area contributed by atoms with Crippen molar-refractivity contribution >= 4 is 22.8 Å². The van der Waals surface area contributed by atoms with Gasteiger partial charge in [0.1, 0.15) is 5.52 Å². The fourth-order valence-corrected chi connectivity index (χ4v) is 2.58. The quantitative estimate of drug-likeness (QED) is 0.725. The maximum atomic E-state index is 12.2. The average molecular weight is 336 g/mol. The number of carbonyl (C=O) groups excluding carboxylic acids is 2. The zero-order chi connectivity index (χ0) is 17.2. The van der Waals surface area contributed by atoms with Crippen molar-refractivity contribution in [2.24, 2.45) is 0 Å². The molecule has 0 spiro atoms. The summed E-state index contributed by atoms with van der Waals surface area (Å²) in [6.07, 6.45) is 1.98. The van der Waals surface area contributed by atoms with Crippen molar-refractivity contribution in [1.29, 1.82) is 0 Å². The molecule has 0 saturated heterocycles. The molecule has 4 rings (SSSR count). The summed E-state index contributed by atoms with van der Waals surface area (Å²) in [5.74, 6) is -0.225. The number of aromatic nitrogens is 1. The molecule has 1 aliphatic rings. The second kappa shape index (κ2) is 6.39. The molecular formula is C19H16N2O4. The molecule has 25 heavy (non-hydrogen) atoms. The Balaban J connectivity index is 1.53. The topological polar surface area (TPSA) is 81.4 Å². The molecule has 0 atom stereocenters. The Bertz CT molecular complexity index is 929. The van der Waals surface area contributed by atoms with Crippen LogP contribution in [0.4, 0.5) is 0 Å². The van der Waals surface area contributed by atoms with E-state index >= 15 is 0 Å². The third kappa shape index (κ3) is 3.38. The van der Waals surface area contributed by atoms with E-state index in [9.17, 15) is 9.59 Å². The Morgan fingerprint density at radius 3 is 2.72 bits per heavy atom. The molecule has 0 radical (unpaired) electrons. The second-order valence-corrected chi connectivity index (χ2v) is 6.03. The summed E-state index contributed by atoms with van der Waals surface area (Å²) in [5.41, 5.74) is 1.88. The number of ether oxygens (including phenoxy) is 1. The van der Waals surface area contributed by atoms with E-state index < -0.39 is 5.97 Å². The van der Waals surface area contributed by atoms with E-state index in [1.807, 2.05) is 30.3 Å². The minimum absolute atomic E-state index is 0.244. The normalized spacial score (nSPS) is 13.6. The van der Waals surface area contributed by atoms with Gasteiger partial charge in [0.2, 0.25) is 0 Å². The molecule has 1 fully saturated rings. The maximum Gasteiger partial charge on any atom is 0.338 e. The molecule has 1 saturated carbocycles. The Kier molecular flexibility index (Phi) is 3.93. The lowest BCUT2D eigenvalue weighted by molar-refractivity contribution is -0.124. The van der Waals surface area contributed by atoms with Gasteiger partial charge < -0.3 is 14.6 Å². The maximum absolute atomic E-state index is 12.2. The van der Waals surface area contributed by atoms with Gasteiger partial charge in [0.15, 0.2) is 12.4 Å². The lowest BCUT2D eigenvalue weighted by Crippen LogP contribution is -2.30. The van der Waals surface area contributed by atoms with Crippen molar-refractivity contribution < 1.29 is 18.8 Å². The van der Waals surface area contributed by atoms with Crippen molar-refractivity contribution in [2.45, 2.75) is 18.9 Å². The highest BCUT2D eigenvalue weighted by atomic mass is 16.5. The van der Waals surface area contributed by atoms with Gasteiger partial charge >= 0.3 is 5.97 Å². The number of esters is 1. The second-order valence-electron chi connectivity index (χ2n) is 6.03. The summed E-state index contributed by atoms with van der Waals surface area (Å²) in [6.45, 7) is -0.275. The first-order valence-corrected chi connectivity index (χ1v) is 8.12. The van der Waals surface area contributed by atoms with E-state index in [0.29, 0.717) is 16.8 Å². The molecule has 6 heteroatoms. The van der Waals surface area contributed by atoms with Crippen LogP contribution in [0, 0.1) is 0 Å². The first kappa shape index (κ1) is 15.4. The Morgan fingerprint density at radius 2 is 1.96 bits per heavy atom. The first-order chi connectivity index (χ1) is 12.2. The number of hydrogen-bond acceptors (Lipinski definition) is 5. The molecule has 1 aliphatic carbocycles. The molecule has 6 nitrogen and oxygen atoms in total. The number of amides is 1. The van der Waals surface area contributed by atoms with Crippen LogP contribution < -0.4 is 5.32 Å². The van der Waals surface area contributed by atoms with E-state index in [0.717, 1.165) is 23.8 Å². The number of rotatable bonds is 5. The van der Waals surface area contributed by atoms with Crippen LogP contribution in [0.2, 0.25) is 0 Å². The molecule has 126 valence electrons. The van der Waals surface area contributed by atoms with Gasteiger partial charge in [-0.15, -0.1) is 0 Å². The number of benzene rings is 2. The predicted molar refractivity (Wildman–Crippen MR) is 90.9 cm³/mol. The molecule has 1 heterocycles. The fourth-order valence-electron chi connectivity index (χ4n) is 2.58. The van der Waals surface area contributed by atoms with E-state index in [4.69, 9.17) is 9.26 Å². The highest BCUT2D eigenvalue weighted by molar-refractivity contribution is 5.99. The summed E-state index contributed by atoms with van der Waals surface area (Å²) in [7, 11) is 0. The van der Waals surface area contributed by atoms with Gasteiger partial charge in [-0.2, -0.15) is 0 Å². The third-order valence-electron chi connectivity index (χ3n) is 4.02. The van der Waals surface area contributed by atoms with Crippen molar-refractivity contribution in [3.05, 3.63) is 54.1 Å². The zero-order valence-electron chi connectivity index (χ0n) is 13.4. The third-order valence-corrected chi connectivity index (χ3v) is 4.02. The van der Waals surface area contributed by atoms with Gasteiger partial charge in [-0.05, 0) is 31.0 Å². The van der Waals surface area contributed by atoms with Crippen LogP contribution in [0.25, 0.3) is 22.2 Å². The van der Waals surface area contributed by atoms with Crippen molar-refractivity contribution in [2.75, 3.05) is 6.61 Å². The molecule has 1 amide bonds. The number of nitrogens with zero attached hydrogens (tertiary/aromatic N) is 1. The summed E-state index contributed by atoms with van der Waals surface area (Å²) >= 11 is 0. The molecule has 1 aromatic heterocycles. The van der Waals surface area contributed by atoms with Gasteiger partial charge in [0.25, 0.3) is 5.91 Å². The van der Waals surface area contributed by atoms with Gasteiger partial charge in [0.05, 0.1) is 10.9 Å². The highest BCUT2D eigenvalue weighted by Gasteiger charge is 2.23. The van der Waals surface area contributed by atoms with Crippen molar-refractivity contribution in [1.82, 2.24) is 10.5 Å². The van der Waals surface area contributed by atoms with E-state index in [2.05, 4.69) is 10.5 Å². The van der Waals surface area contributed by atoms with Crippen molar-refractivity contribution in [3.63, 3.8) is 0 Å². The SMILES string of the molecule is O=C(COC(=O)c1ccc2noc(-c3ccccc3)c2c1)NC1CC1. The lowest BCUT2D eigenvalue weighted by Gasteiger charge is -2.05. The van der Waals surface area contributed by atoms with Crippen molar-refractivity contribution in [3.8, 4) is 11.3 Å². The standard InChI is InChI=1S/C19H16N2O4/c22-17(20-14-7-8-14)11-24-19(23)13-6-9-16-15(10-13)18(25-21-16)12-4-2-1-3-5-12/h1-6,9-10,14H,7-8,11H2,(H,20,22). The van der Waals surface area contributed by atoms with Crippen LogP contribution in [0.15, 0.2) is 53.1 Å². The van der Waals surface area contributed by atoms with Crippen LogP contribution in [-0.2, 0) is 9.53 Å². The van der Waals surface area contributed by atoms with Crippen LogP contribution in [0.1, 0.15) is 23.2 Å². The lowest BCUT2D eigenvalue weighted by atomic mass is 10.1. The van der Waals surface area contributed by atoms with Crippen LogP contribution >= 0.6 is 0 Å². The monoisotopic (exact) mass is 336 g/mol. The molecule has 0 unspecified atom stereocenters. The number of hydrogen-bond donors (Lipinski definition) is 1. The predicted octanol–water partition coefficient (Wildman–Crippen LogP) is 2.93. The van der Waals surface area contributed by atoms with Crippen LogP contribution in [0.5, 0.6) is 0 Å².